The number of hydrogen-bond donors (Lipinski definition) is 0. The van der Waals surface area contributed by atoms with Crippen LogP contribution in [0.3, 0.4) is 0 Å². The van der Waals surface area contributed by atoms with Crippen LogP contribution in [0, 0.1) is 10.1 Å². The number of benzene rings is 1. The minimum Gasteiger partial charge on any atom is -0.312 e. The summed E-state index contributed by atoms with van der Waals surface area (Å²) in [6.45, 7) is 0.844. The molecule has 0 fully saturated rings. The quantitative estimate of drug-likeness (QED) is 0.562. The average molecular weight is 282 g/mol. The Bertz CT molecular complexity index is 795. The monoisotopic (exact) mass is 282 g/mol. The molecule has 2 aromatic rings. The average Bonchev–Trinajstić information content (AvgIpc) is 2.73. The number of aromatic nitrogens is 2. The lowest BCUT2D eigenvalue weighted by Crippen LogP contribution is -2.37. The highest BCUT2D eigenvalue weighted by Crippen LogP contribution is 2.27. The molecular formula is C10H10N4O4S. The van der Waals surface area contributed by atoms with E-state index in [0.717, 1.165) is 0 Å². The van der Waals surface area contributed by atoms with Crippen LogP contribution in [0.25, 0.3) is 11.0 Å². The second kappa shape index (κ2) is 3.75. The van der Waals surface area contributed by atoms with Crippen molar-refractivity contribution in [2.24, 2.45) is 0 Å². The molecule has 1 aromatic heterocycles. The van der Waals surface area contributed by atoms with Gasteiger partial charge >= 0.3 is 0 Å². The van der Waals surface area contributed by atoms with Crippen LogP contribution in [0.1, 0.15) is 0 Å². The topological polar surface area (TPSA) is 98.3 Å². The van der Waals surface area contributed by atoms with Gasteiger partial charge in [-0.25, -0.2) is 13.4 Å². The molecule has 0 radical (unpaired) electrons. The zero-order chi connectivity index (χ0) is 13.8. The van der Waals surface area contributed by atoms with Crippen LogP contribution in [0.15, 0.2) is 23.4 Å². The van der Waals surface area contributed by atoms with Crippen LogP contribution in [0.4, 0.5) is 5.69 Å². The number of likely N-dealkylation sites (N-methyl/N-ethyl adjacent to an activating group) is 1. The predicted molar refractivity (Wildman–Crippen MR) is 66.2 cm³/mol. The molecule has 0 spiro atoms. The maximum Gasteiger partial charge on any atom is 0.276 e. The number of non-ortho nitro benzene ring substituents is 1. The summed E-state index contributed by atoms with van der Waals surface area (Å²) >= 11 is 0. The normalized spacial score (nSPS) is 18.4. The lowest BCUT2D eigenvalue weighted by Gasteiger charge is -2.23. The second-order valence-electron chi connectivity index (χ2n) is 4.30. The van der Waals surface area contributed by atoms with Gasteiger partial charge in [0, 0.05) is 32.3 Å². The first-order valence-electron chi connectivity index (χ1n) is 5.52. The Balaban J connectivity index is 2.31. The molecule has 2 heterocycles. The van der Waals surface area contributed by atoms with Crippen LogP contribution in [0.5, 0.6) is 0 Å². The number of sulfonamides is 1. The maximum absolute atomic E-state index is 12.1. The summed E-state index contributed by atoms with van der Waals surface area (Å²) in [4.78, 5) is 14.2. The molecule has 0 aliphatic carbocycles. The number of rotatable bonds is 1. The van der Waals surface area contributed by atoms with Crippen molar-refractivity contribution in [3.05, 3.63) is 28.3 Å². The molecule has 3 rings (SSSR count). The number of hydrogen-bond acceptors (Lipinski definition) is 5. The number of nitro benzene ring substituents is 1. The molecular weight excluding hydrogens is 272 g/mol. The largest absolute Gasteiger partial charge is 0.312 e. The van der Waals surface area contributed by atoms with E-state index in [9.17, 15) is 18.5 Å². The van der Waals surface area contributed by atoms with E-state index in [4.69, 9.17) is 0 Å². The predicted octanol–water partition coefficient (Wildman–Crippen LogP) is 0.579. The summed E-state index contributed by atoms with van der Waals surface area (Å²) < 4.78 is 27.0. The van der Waals surface area contributed by atoms with Gasteiger partial charge in [-0.05, 0) is 6.07 Å². The van der Waals surface area contributed by atoms with E-state index in [1.54, 1.807) is 4.57 Å². The zero-order valence-electron chi connectivity index (χ0n) is 9.98. The fourth-order valence-corrected chi connectivity index (χ4v) is 3.41. The highest BCUT2D eigenvalue weighted by molar-refractivity contribution is 7.89. The van der Waals surface area contributed by atoms with Gasteiger partial charge in [-0.2, -0.15) is 4.31 Å². The maximum atomic E-state index is 12.1. The third-order valence-electron chi connectivity index (χ3n) is 3.19. The Hall–Kier alpha value is -2.00. The third kappa shape index (κ3) is 1.62. The van der Waals surface area contributed by atoms with Crippen LogP contribution in [-0.2, 0) is 16.6 Å². The van der Waals surface area contributed by atoms with Crippen molar-refractivity contribution < 1.29 is 13.3 Å². The Morgan fingerprint density at radius 1 is 1.37 bits per heavy atom. The molecule has 0 amide bonds. The molecule has 100 valence electrons. The molecule has 0 unspecified atom stereocenters. The van der Waals surface area contributed by atoms with Crippen LogP contribution >= 0.6 is 0 Å². The fraction of sp³-hybridized carbons (Fsp3) is 0.300. The van der Waals surface area contributed by atoms with Gasteiger partial charge in [-0.15, -0.1) is 0 Å². The molecule has 8 nitrogen and oxygen atoms in total. The molecule has 0 bridgehead atoms. The summed E-state index contributed by atoms with van der Waals surface area (Å²) in [5.74, 6) is 0. The Morgan fingerprint density at radius 3 is 2.79 bits per heavy atom. The molecule has 0 saturated carbocycles. The van der Waals surface area contributed by atoms with E-state index >= 15 is 0 Å². The smallest absolute Gasteiger partial charge is 0.276 e. The molecule has 1 aliphatic heterocycles. The summed E-state index contributed by atoms with van der Waals surface area (Å²) in [5, 5.41) is 10.7. The van der Waals surface area contributed by atoms with Gasteiger partial charge in [-0.3, -0.25) is 10.1 Å². The zero-order valence-corrected chi connectivity index (χ0v) is 10.8. The first-order valence-corrected chi connectivity index (χ1v) is 6.96. The van der Waals surface area contributed by atoms with Gasteiger partial charge in [0.25, 0.3) is 15.7 Å². The number of fused-ring (bicyclic) bond motifs is 3. The van der Waals surface area contributed by atoms with Gasteiger partial charge in [0.15, 0.2) is 0 Å². The van der Waals surface area contributed by atoms with Gasteiger partial charge in [0.1, 0.15) is 0 Å². The van der Waals surface area contributed by atoms with E-state index in [1.807, 2.05) is 0 Å². The Morgan fingerprint density at radius 2 is 2.11 bits per heavy atom. The molecule has 1 aliphatic rings. The van der Waals surface area contributed by atoms with E-state index in [2.05, 4.69) is 4.98 Å². The minimum absolute atomic E-state index is 0.0586. The standard InChI is InChI=1S/C10H10N4O4S/c1-12-4-5-13-9-3-2-7(14(15)16)6-8(9)11-10(13)19(12,17)18/h2-3,6H,4-5H2,1H3. The highest BCUT2D eigenvalue weighted by Gasteiger charge is 2.32. The van der Waals surface area contributed by atoms with E-state index in [1.165, 1.54) is 29.6 Å². The van der Waals surface area contributed by atoms with Crippen molar-refractivity contribution in [2.75, 3.05) is 13.6 Å². The summed E-state index contributed by atoms with van der Waals surface area (Å²) in [6.07, 6.45) is 0. The van der Waals surface area contributed by atoms with Gasteiger partial charge in [-0.1, -0.05) is 0 Å². The fourth-order valence-electron chi connectivity index (χ4n) is 2.12. The van der Waals surface area contributed by atoms with E-state index < -0.39 is 14.9 Å². The second-order valence-corrected chi connectivity index (χ2v) is 6.24. The van der Waals surface area contributed by atoms with Crippen molar-refractivity contribution in [3.8, 4) is 0 Å². The first kappa shape index (κ1) is 12.1. The van der Waals surface area contributed by atoms with Gasteiger partial charge in [0.05, 0.1) is 16.0 Å². The molecule has 1 aromatic carbocycles. The van der Waals surface area contributed by atoms with Crippen LogP contribution < -0.4 is 0 Å². The molecule has 0 N–H and O–H groups in total. The van der Waals surface area contributed by atoms with Crippen molar-refractivity contribution >= 4 is 26.7 Å². The van der Waals surface area contributed by atoms with Gasteiger partial charge in [0.2, 0.25) is 5.16 Å². The lowest BCUT2D eigenvalue weighted by atomic mass is 10.3. The number of nitro groups is 1. The van der Waals surface area contributed by atoms with Crippen LogP contribution in [-0.4, -0.2) is 40.8 Å². The molecule has 0 saturated heterocycles. The van der Waals surface area contributed by atoms with Crippen LogP contribution in [0.2, 0.25) is 0 Å². The molecule has 9 heteroatoms. The summed E-state index contributed by atoms with van der Waals surface area (Å²) in [6, 6.07) is 4.17. The van der Waals surface area contributed by atoms with Crippen molar-refractivity contribution in [1.29, 1.82) is 0 Å². The minimum atomic E-state index is -3.60. The summed E-state index contributed by atoms with van der Waals surface area (Å²) in [5.41, 5.74) is 0.814. The third-order valence-corrected chi connectivity index (χ3v) is 4.96. The van der Waals surface area contributed by atoms with Crippen molar-refractivity contribution in [2.45, 2.75) is 11.7 Å². The molecule has 0 atom stereocenters. The lowest BCUT2D eigenvalue weighted by molar-refractivity contribution is -0.384. The SMILES string of the molecule is CN1CCn2c(nc3cc([N+](=O)[O-])ccc32)S1(=O)=O. The van der Waals surface area contributed by atoms with E-state index in [-0.39, 0.29) is 10.8 Å². The van der Waals surface area contributed by atoms with Gasteiger partial charge < -0.3 is 4.57 Å². The van der Waals surface area contributed by atoms with Crippen molar-refractivity contribution in [3.63, 3.8) is 0 Å². The number of nitrogens with zero attached hydrogens (tertiary/aromatic N) is 4. The summed E-state index contributed by atoms with van der Waals surface area (Å²) in [7, 11) is -2.11. The van der Waals surface area contributed by atoms with E-state index in [0.29, 0.717) is 24.1 Å². The molecule has 19 heavy (non-hydrogen) atoms. The number of imidazole rings is 1. The van der Waals surface area contributed by atoms with Crippen molar-refractivity contribution in [1.82, 2.24) is 13.9 Å². The Kier molecular flexibility index (Phi) is 2.38. The highest BCUT2D eigenvalue weighted by atomic mass is 32.2. The first-order chi connectivity index (χ1) is 8.91. The Labute approximate surface area is 108 Å².